The molecule has 0 spiro atoms. The minimum atomic E-state index is -5.28. The molecule has 0 radical (unpaired) electrons. The maximum Gasteiger partial charge on any atom is 0.432 e. The number of hydrogen-bond donors (Lipinski definition) is 0. The van der Waals surface area contributed by atoms with Crippen molar-refractivity contribution in [2.75, 3.05) is 27.9 Å². The molecule has 0 N–H and O–H groups in total. The highest BCUT2D eigenvalue weighted by atomic mass is 19.4. The van der Waals surface area contributed by atoms with Crippen LogP contribution in [0.15, 0.2) is 84.5 Å². The van der Waals surface area contributed by atoms with Crippen molar-refractivity contribution in [3.63, 3.8) is 0 Å². The molecule has 2 aromatic rings. The van der Waals surface area contributed by atoms with E-state index in [1.54, 1.807) is 6.92 Å². The van der Waals surface area contributed by atoms with Gasteiger partial charge < -0.3 is 28.4 Å². The Bertz CT molecular complexity index is 2370. The highest BCUT2D eigenvalue weighted by molar-refractivity contribution is 5.85. The Morgan fingerprint density at radius 3 is 1.77 bits per heavy atom. The van der Waals surface area contributed by atoms with Gasteiger partial charge in [-0.15, -0.1) is 0 Å². The molecule has 0 unspecified atom stereocenters. The quantitative estimate of drug-likeness (QED) is 0.0930. The van der Waals surface area contributed by atoms with Gasteiger partial charge in [0.2, 0.25) is 0 Å². The van der Waals surface area contributed by atoms with Gasteiger partial charge in [-0.3, -0.25) is 9.59 Å². The molecule has 0 amide bonds. The second-order valence-electron chi connectivity index (χ2n) is 21.2. The molecule has 0 aliphatic heterocycles. The number of hydrogen-bond acceptors (Lipinski definition) is 10. The number of allylic oxidation sites excluding steroid dienone is 1. The molecule has 12 atom stereocenters. The molecule has 0 saturated heterocycles. The molecule has 7 rings (SSSR count). The van der Waals surface area contributed by atoms with Crippen LogP contribution in [-0.4, -0.2) is 75.9 Å². The number of carbonyl (C=O) groups excluding carboxylic acids is 4. The van der Waals surface area contributed by atoms with E-state index < -0.39 is 103 Å². The molecule has 69 heavy (non-hydrogen) atoms. The molecular formula is C53H64F6O10. The van der Waals surface area contributed by atoms with Gasteiger partial charge >= 0.3 is 36.2 Å². The lowest BCUT2D eigenvalue weighted by Gasteiger charge is -2.71. The summed E-state index contributed by atoms with van der Waals surface area (Å²) in [5.74, 6) is -6.07. The summed E-state index contributed by atoms with van der Waals surface area (Å²) >= 11 is 0. The zero-order valence-corrected chi connectivity index (χ0v) is 40.8. The molecule has 5 aliphatic rings. The van der Waals surface area contributed by atoms with Crippen LogP contribution in [0.3, 0.4) is 0 Å². The van der Waals surface area contributed by atoms with Crippen LogP contribution < -0.4 is 0 Å². The van der Waals surface area contributed by atoms with E-state index in [9.17, 15) is 19.2 Å². The molecule has 378 valence electrons. The highest BCUT2D eigenvalue weighted by Crippen LogP contribution is 2.76. The molecule has 4 saturated carbocycles. The number of rotatable bonds is 11. The van der Waals surface area contributed by atoms with Gasteiger partial charge in [-0.2, -0.15) is 26.3 Å². The van der Waals surface area contributed by atoms with E-state index in [0.717, 1.165) is 44.1 Å². The number of halogens is 6. The van der Waals surface area contributed by atoms with Crippen LogP contribution in [0.2, 0.25) is 0 Å². The second-order valence-corrected chi connectivity index (χ2v) is 21.2. The van der Waals surface area contributed by atoms with Crippen LogP contribution in [0.25, 0.3) is 0 Å². The van der Waals surface area contributed by atoms with Crippen molar-refractivity contribution >= 4 is 23.9 Å². The number of esters is 4. The van der Waals surface area contributed by atoms with Crippen molar-refractivity contribution in [1.82, 2.24) is 0 Å². The number of methoxy groups -OCH3 is 3. The first-order valence-corrected chi connectivity index (χ1v) is 23.5. The van der Waals surface area contributed by atoms with E-state index in [2.05, 4.69) is 27.4 Å². The lowest BCUT2D eigenvalue weighted by Crippen LogP contribution is -2.68. The van der Waals surface area contributed by atoms with Crippen LogP contribution in [-0.2, 0) is 58.8 Å². The number of ether oxygens (including phenoxy) is 6. The molecule has 0 aromatic heterocycles. The van der Waals surface area contributed by atoms with E-state index in [4.69, 9.17) is 28.4 Å². The van der Waals surface area contributed by atoms with E-state index in [1.807, 2.05) is 6.08 Å². The smallest absolute Gasteiger partial charge is 0.432 e. The normalized spacial score (nSPS) is 36.0. The molecule has 0 bridgehead atoms. The standard InChI is InChI=1S/C53H64F6O10/c1-32-23-28-49(41(61)64-8)30-29-46(5)36(40(49)48(32,7)69-43(63)51(66-10,53(57,58)59)35-19-15-12-16-20-35)21-22-38-44(3)26-25-39(45(4,31-67-33(2)60)37(44)24-27-47(38,46)6)68-42(62)50(65-9,52(54,55)56)34-17-13-11-14-18-34/h11-21,37-40H,1,22-31H2,2-10H3/t37-,38-,39-,40-,44+,45-,46-,47-,48-,49+,50+,51+/m1/s1. The van der Waals surface area contributed by atoms with Gasteiger partial charge in [0.15, 0.2) is 0 Å². The first-order valence-electron chi connectivity index (χ1n) is 23.5. The molecule has 0 heterocycles. The second kappa shape index (κ2) is 17.6. The third kappa shape index (κ3) is 7.40. The van der Waals surface area contributed by atoms with Crippen LogP contribution in [0.1, 0.15) is 110 Å². The zero-order chi connectivity index (χ0) is 51.0. The molecular weight excluding hydrogens is 911 g/mol. The fourth-order valence-corrected chi connectivity index (χ4v) is 14.6. The number of benzene rings is 2. The minimum absolute atomic E-state index is 0.118. The molecule has 10 nitrogen and oxygen atoms in total. The number of alkyl halides is 6. The Hall–Kier alpha value is -4.70. The monoisotopic (exact) mass is 974 g/mol. The summed E-state index contributed by atoms with van der Waals surface area (Å²) in [5, 5.41) is 0. The van der Waals surface area contributed by atoms with E-state index in [0.29, 0.717) is 37.7 Å². The average Bonchev–Trinajstić information content (AvgIpc) is 3.28. The Kier molecular flexibility index (Phi) is 13.3. The first kappa shape index (κ1) is 52.1. The Balaban J connectivity index is 1.31. The third-order valence-corrected chi connectivity index (χ3v) is 18.4. The fraction of sp³-hybridized carbons (Fsp3) is 0.623. The van der Waals surface area contributed by atoms with Crippen LogP contribution >= 0.6 is 0 Å². The van der Waals surface area contributed by atoms with Gasteiger partial charge in [0.1, 0.15) is 18.3 Å². The van der Waals surface area contributed by atoms with E-state index >= 15 is 26.3 Å². The predicted octanol–water partition coefficient (Wildman–Crippen LogP) is 11.1. The summed E-state index contributed by atoms with van der Waals surface area (Å²) < 4.78 is 125. The number of carbonyl (C=O) groups is 4. The van der Waals surface area contributed by atoms with E-state index in [1.165, 1.54) is 57.4 Å². The summed E-state index contributed by atoms with van der Waals surface area (Å²) in [5.41, 5.74) is -13.2. The van der Waals surface area contributed by atoms with Gasteiger partial charge in [-0.05, 0) is 98.4 Å². The lowest BCUT2D eigenvalue weighted by atomic mass is 9.33. The minimum Gasteiger partial charge on any atom is -0.469 e. The van der Waals surface area contributed by atoms with Crippen LogP contribution in [0.4, 0.5) is 26.3 Å². The van der Waals surface area contributed by atoms with Crippen molar-refractivity contribution in [3.8, 4) is 0 Å². The molecule has 16 heteroatoms. The SMILES string of the molecule is C=C1CC[C@]2(C(=O)OC)CC[C@]3(C)C(=CC[C@@H]4[C@@]5(C)CC[C@@H](OC(=O)[C@@](OC)(c6ccccc6)C(F)(F)F)[C@](C)(COC(C)=O)[C@@H]5CC[C@]43C)[C@@H]2[C@]1(C)OC(=O)[C@@](OC)(c1ccccc1)C(F)(F)F. The van der Waals surface area contributed by atoms with Crippen LogP contribution in [0, 0.1) is 44.8 Å². The maximum absolute atomic E-state index is 15.4. The van der Waals surface area contributed by atoms with Gasteiger partial charge in [0, 0.05) is 43.6 Å². The lowest BCUT2D eigenvalue weighted by molar-refractivity contribution is -0.286. The topological polar surface area (TPSA) is 124 Å². The zero-order valence-electron chi connectivity index (χ0n) is 40.8. The highest BCUT2D eigenvalue weighted by Gasteiger charge is 2.74. The fourth-order valence-electron chi connectivity index (χ4n) is 14.6. The van der Waals surface area contributed by atoms with Crippen molar-refractivity contribution in [2.24, 2.45) is 44.8 Å². The van der Waals surface area contributed by atoms with E-state index in [-0.39, 0.29) is 44.1 Å². The number of fused-ring (bicyclic) bond motifs is 7. The summed E-state index contributed by atoms with van der Waals surface area (Å²) in [6.45, 7) is 15.0. The molecule has 5 aliphatic carbocycles. The Labute approximate surface area is 399 Å². The summed E-state index contributed by atoms with van der Waals surface area (Å²) in [4.78, 5) is 55.6. The van der Waals surface area contributed by atoms with Gasteiger partial charge in [-0.25, -0.2) is 9.59 Å². The van der Waals surface area contributed by atoms with Gasteiger partial charge in [-0.1, -0.05) is 107 Å². The Morgan fingerprint density at radius 2 is 1.26 bits per heavy atom. The van der Waals surface area contributed by atoms with Crippen molar-refractivity contribution in [1.29, 1.82) is 0 Å². The molecule has 4 fully saturated rings. The summed E-state index contributed by atoms with van der Waals surface area (Å²) in [6, 6.07) is 13.1. The first-order chi connectivity index (χ1) is 32.1. The maximum atomic E-state index is 15.4. The van der Waals surface area contributed by atoms with Crippen molar-refractivity contribution < 1.29 is 73.9 Å². The third-order valence-electron chi connectivity index (χ3n) is 18.4. The average molecular weight is 975 g/mol. The van der Waals surface area contributed by atoms with Gasteiger partial charge in [0.25, 0.3) is 11.2 Å². The Morgan fingerprint density at radius 1 is 0.710 bits per heavy atom. The molecule has 2 aromatic carbocycles. The van der Waals surface area contributed by atoms with Crippen LogP contribution in [0.5, 0.6) is 0 Å². The summed E-state index contributed by atoms with van der Waals surface area (Å²) in [6.07, 6.45) is -6.59. The van der Waals surface area contributed by atoms with Crippen molar-refractivity contribution in [2.45, 2.75) is 135 Å². The van der Waals surface area contributed by atoms with Crippen molar-refractivity contribution in [3.05, 3.63) is 95.6 Å². The largest absolute Gasteiger partial charge is 0.469 e. The van der Waals surface area contributed by atoms with Gasteiger partial charge in [0.05, 0.1) is 12.5 Å². The predicted molar refractivity (Wildman–Crippen MR) is 240 cm³/mol. The summed E-state index contributed by atoms with van der Waals surface area (Å²) in [7, 11) is 2.87.